The molecule has 0 amide bonds. The first-order chi connectivity index (χ1) is 14.5. The number of aromatic hydroxyl groups is 2. The lowest BCUT2D eigenvalue weighted by molar-refractivity contribution is 0.0560. The van der Waals surface area contributed by atoms with Gasteiger partial charge in [-0.3, -0.25) is 0 Å². The molecule has 0 aliphatic heterocycles. The summed E-state index contributed by atoms with van der Waals surface area (Å²) < 4.78 is 0. The summed E-state index contributed by atoms with van der Waals surface area (Å²) in [5.41, 5.74) is 2.33. The fourth-order valence-corrected chi connectivity index (χ4v) is 3.49. The van der Waals surface area contributed by atoms with Crippen molar-refractivity contribution in [2.24, 2.45) is 5.41 Å². The Bertz CT molecular complexity index is 923. The summed E-state index contributed by atoms with van der Waals surface area (Å²) in [5.74, 6) is -1.70. The van der Waals surface area contributed by atoms with E-state index in [-0.39, 0.29) is 34.5 Å². The van der Waals surface area contributed by atoms with Crippen LogP contribution in [0.4, 0.5) is 0 Å². The number of phenols is 2. The van der Waals surface area contributed by atoms with E-state index < -0.39 is 12.1 Å². The maximum atomic E-state index is 11.8. The molecule has 0 bridgehead atoms. The Morgan fingerprint density at radius 3 is 2.32 bits per heavy atom. The molecule has 0 radical (unpaired) electrons. The summed E-state index contributed by atoms with van der Waals surface area (Å²) in [4.78, 5) is 11.8. The SMILES string of the molecule is C/C(=C\Cc1c(O)cc(CCc2ccccc2)c(C(=O)O)c1O)CC[C@H](O)C(C)(C)C. The number of aliphatic hydroxyl groups excluding tert-OH is 1. The van der Waals surface area contributed by atoms with Gasteiger partial charge in [0.15, 0.2) is 0 Å². The van der Waals surface area contributed by atoms with Crippen molar-refractivity contribution < 1.29 is 25.2 Å². The zero-order valence-electron chi connectivity index (χ0n) is 18.9. The van der Waals surface area contributed by atoms with Crippen LogP contribution in [0.3, 0.4) is 0 Å². The molecular formula is C26H34O5. The molecule has 5 heteroatoms. The van der Waals surface area contributed by atoms with Crippen LogP contribution in [0.5, 0.6) is 11.5 Å². The highest BCUT2D eigenvalue weighted by Gasteiger charge is 2.23. The van der Waals surface area contributed by atoms with Gasteiger partial charge in [0.25, 0.3) is 0 Å². The minimum Gasteiger partial charge on any atom is -0.508 e. The van der Waals surface area contributed by atoms with Gasteiger partial charge in [-0.2, -0.15) is 0 Å². The fraction of sp³-hybridized carbons (Fsp3) is 0.423. The number of aromatic carboxylic acids is 1. The van der Waals surface area contributed by atoms with Crippen LogP contribution in [-0.4, -0.2) is 32.5 Å². The molecule has 0 aromatic heterocycles. The molecule has 0 aliphatic rings. The Morgan fingerprint density at radius 2 is 1.74 bits per heavy atom. The normalized spacial score (nSPS) is 13.3. The van der Waals surface area contributed by atoms with E-state index in [4.69, 9.17) is 0 Å². The number of allylic oxidation sites excluding steroid dienone is 2. The van der Waals surface area contributed by atoms with E-state index in [9.17, 15) is 25.2 Å². The number of carbonyl (C=O) groups is 1. The summed E-state index contributed by atoms with van der Waals surface area (Å²) >= 11 is 0. The van der Waals surface area contributed by atoms with Gasteiger partial charge >= 0.3 is 5.97 Å². The molecule has 1 atom stereocenters. The largest absolute Gasteiger partial charge is 0.508 e. The third-order valence-electron chi connectivity index (χ3n) is 5.67. The third kappa shape index (κ3) is 6.86. The number of aryl methyl sites for hydroxylation is 2. The monoisotopic (exact) mass is 426 g/mol. The number of hydrogen-bond acceptors (Lipinski definition) is 4. The molecule has 0 saturated carbocycles. The Morgan fingerprint density at radius 1 is 1.10 bits per heavy atom. The first-order valence-electron chi connectivity index (χ1n) is 10.7. The van der Waals surface area contributed by atoms with Crippen molar-refractivity contribution >= 4 is 5.97 Å². The number of carboxylic acid groups (broad SMARTS) is 1. The molecule has 5 nitrogen and oxygen atoms in total. The highest BCUT2D eigenvalue weighted by atomic mass is 16.4. The summed E-state index contributed by atoms with van der Waals surface area (Å²) in [7, 11) is 0. The maximum Gasteiger partial charge on any atom is 0.339 e. The molecule has 4 N–H and O–H groups in total. The number of rotatable bonds is 9. The van der Waals surface area contributed by atoms with Gasteiger partial charge in [-0.25, -0.2) is 4.79 Å². The number of carboxylic acids is 1. The van der Waals surface area contributed by atoms with Crippen LogP contribution in [0.25, 0.3) is 0 Å². The fourth-order valence-electron chi connectivity index (χ4n) is 3.49. The van der Waals surface area contributed by atoms with Gasteiger partial charge in [0, 0.05) is 5.56 Å². The van der Waals surface area contributed by atoms with E-state index >= 15 is 0 Å². The zero-order chi connectivity index (χ0) is 23.2. The quantitative estimate of drug-likeness (QED) is 0.410. The van der Waals surface area contributed by atoms with E-state index in [1.807, 2.05) is 64.1 Å². The molecule has 2 aromatic rings. The number of hydrogen-bond donors (Lipinski definition) is 4. The predicted octanol–water partition coefficient (Wildman–Crippen LogP) is 5.26. The first kappa shape index (κ1) is 24.5. The van der Waals surface area contributed by atoms with Gasteiger partial charge in [0.1, 0.15) is 17.1 Å². The van der Waals surface area contributed by atoms with Crippen molar-refractivity contribution in [3.63, 3.8) is 0 Å². The van der Waals surface area contributed by atoms with Crippen LogP contribution in [0.2, 0.25) is 0 Å². The summed E-state index contributed by atoms with van der Waals surface area (Å²) in [6, 6.07) is 11.1. The van der Waals surface area contributed by atoms with E-state index in [0.29, 0.717) is 31.2 Å². The van der Waals surface area contributed by atoms with Crippen molar-refractivity contribution in [2.75, 3.05) is 0 Å². The summed E-state index contributed by atoms with van der Waals surface area (Å²) in [5, 5.41) is 41.0. The lowest BCUT2D eigenvalue weighted by Gasteiger charge is -2.25. The molecule has 168 valence electrons. The van der Waals surface area contributed by atoms with Crippen molar-refractivity contribution in [1.82, 2.24) is 0 Å². The standard InChI is InChI=1S/C26H34O5/c1-17(11-15-22(28)26(2,3)4)10-14-20-21(27)16-19(23(24(20)29)25(30)31)13-12-18-8-6-5-7-9-18/h5-10,16,22,27-29H,11-15H2,1-4H3,(H,30,31)/b17-10+/t22-/m0/s1. The van der Waals surface area contributed by atoms with Crippen LogP contribution < -0.4 is 0 Å². The second-order valence-electron chi connectivity index (χ2n) is 9.22. The van der Waals surface area contributed by atoms with Crippen molar-refractivity contribution in [3.8, 4) is 11.5 Å². The van der Waals surface area contributed by atoms with E-state index in [1.54, 1.807) is 0 Å². The Kier molecular flexibility index (Phi) is 8.28. The second-order valence-corrected chi connectivity index (χ2v) is 9.22. The molecule has 0 heterocycles. The molecule has 2 rings (SSSR count). The average Bonchev–Trinajstić information content (AvgIpc) is 2.69. The van der Waals surface area contributed by atoms with Crippen molar-refractivity contribution in [3.05, 3.63) is 70.3 Å². The van der Waals surface area contributed by atoms with Gasteiger partial charge in [0.2, 0.25) is 0 Å². The zero-order valence-corrected chi connectivity index (χ0v) is 18.9. The molecule has 0 saturated heterocycles. The van der Waals surface area contributed by atoms with Crippen LogP contribution in [0.15, 0.2) is 48.0 Å². The van der Waals surface area contributed by atoms with Crippen molar-refractivity contribution in [1.29, 1.82) is 0 Å². The maximum absolute atomic E-state index is 11.8. The summed E-state index contributed by atoms with van der Waals surface area (Å²) in [6.45, 7) is 7.88. The van der Waals surface area contributed by atoms with Crippen LogP contribution in [0, 0.1) is 5.41 Å². The predicted molar refractivity (Wildman–Crippen MR) is 123 cm³/mol. The number of aliphatic hydroxyl groups is 1. The number of benzene rings is 2. The minimum absolute atomic E-state index is 0.107. The van der Waals surface area contributed by atoms with Gasteiger partial charge in [-0.05, 0) is 61.6 Å². The highest BCUT2D eigenvalue weighted by Crippen LogP contribution is 2.35. The van der Waals surface area contributed by atoms with Crippen LogP contribution in [0.1, 0.15) is 67.6 Å². The van der Waals surface area contributed by atoms with Crippen LogP contribution >= 0.6 is 0 Å². The second kappa shape index (κ2) is 10.5. The minimum atomic E-state index is -1.21. The molecule has 0 unspecified atom stereocenters. The molecule has 2 aromatic carbocycles. The molecule has 0 aliphatic carbocycles. The topological polar surface area (TPSA) is 98.0 Å². The molecule has 0 fully saturated rings. The lowest BCUT2D eigenvalue weighted by atomic mass is 9.85. The molecular weight excluding hydrogens is 392 g/mol. The van der Waals surface area contributed by atoms with E-state index in [1.165, 1.54) is 6.07 Å². The lowest BCUT2D eigenvalue weighted by Crippen LogP contribution is -2.25. The Labute approximate surface area is 184 Å². The van der Waals surface area contributed by atoms with Crippen LogP contribution in [-0.2, 0) is 19.3 Å². The van der Waals surface area contributed by atoms with Crippen molar-refractivity contribution in [2.45, 2.75) is 65.9 Å². The smallest absolute Gasteiger partial charge is 0.339 e. The first-order valence-corrected chi connectivity index (χ1v) is 10.7. The highest BCUT2D eigenvalue weighted by molar-refractivity contribution is 5.93. The van der Waals surface area contributed by atoms with E-state index in [2.05, 4.69) is 0 Å². The Hall–Kier alpha value is -2.79. The van der Waals surface area contributed by atoms with E-state index in [0.717, 1.165) is 11.1 Å². The van der Waals surface area contributed by atoms with Gasteiger partial charge in [-0.1, -0.05) is 62.8 Å². The average molecular weight is 427 g/mol. The number of phenolic OH excluding ortho intramolecular Hbond substituents is 1. The molecule has 31 heavy (non-hydrogen) atoms. The van der Waals surface area contributed by atoms with Gasteiger partial charge in [0.05, 0.1) is 6.10 Å². The van der Waals surface area contributed by atoms with Gasteiger partial charge < -0.3 is 20.4 Å². The third-order valence-corrected chi connectivity index (χ3v) is 5.67. The molecule has 0 spiro atoms. The van der Waals surface area contributed by atoms with Gasteiger partial charge in [-0.15, -0.1) is 0 Å². The Balaban J connectivity index is 2.19. The summed E-state index contributed by atoms with van der Waals surface area (Å²) in [6.07, 6.45) is 3.94.